The summed E-state index contributed by atoms with van der Waals surface area (Å²) in [6.07, 6.45) is 0. The molecular weight excluding hydrogens is 250 g/mol. The zero-order chi connectivity index (χ0) is 13.0. The van der Waals surface area contributed by atoms with Gasteiger partial charge in [-0.25, -0.2) is 0 Å². The highest BCUT2D eigenvalue weighted by Crippen LogP contribution is 2.26. The molecule has 0 aliphatic carbocycles. The molecule has 0 aliphatic heterocycles. The second-order valence-electron chi connectivity index (χ2n) is 3.87. The quantitative estimate of drug-likeness (QED) is 0.827. The van der Waals surface area contributed by atoms with Crippen molar-refractivity contribution < 1.29 is 9.84 Å². The van der Waals surface area contributed by atoms with Crippen molar-refractivity contribution in [2.75, 3.05) is 12.4 Å². The second-order valence-corrected chi connectivity index (χ2v) is 4.28. The monoisotopic (exact) mass is 263 g/mol. The third-order valence-electron chi connectivity index (χ3n) is 2.58. The van der Waals surface area contributed by atoms with Crippen molar-refractivity contribution in [3.63, 3.8) is 0 Å². The molecule has 2 rings (SSSR count). The van der Waals surface area contributed by atoms with Crippen molar-refractivity contribution in [1.82, 2.24) is 0 Å². The van der Waals surface area contributed by atoms with Gasteiger partial charge in [-0.2, -0.15) is 0 Å². The molecule has 0 unspecified atom stereocenters. The lowest BCUT2D eigenvalue weighted by molar-refractivity contribution is 0.414. The first-order chi connectivity index (χ1) is 8.69. The Hall–Kier alpha value is -1.87. The number of methoxy groups -OCH3 is 1. The molecule has 0 spiro atoms. The van der Waals surface area contributed by atoms with E-state index in [0.29, 0.717) is 11.6 Å². The topological polar surface area (TPSA) is 41.5 Å². The van der Waals surface area contributed by atoms with Crippen LogP contribution in [0.3, 0.4) is 0 Å². The van der Waals surface area contributed by atoms with Crippen molar-refractivity contribution in [3.05, 3.63) is 53.1 Å². The summed E-state index contributed by atoms with van der Waals surface area (Å²) in [4.78, 5) is 0. The van der Waals surface area contributed by atoms with Crippen LogP contribution in [0.4, 0.5) is 5.69 Å². The minimum absolute atomic E-state index is 0.0867. The SMILES string of the molecule is COc1cccc(CNc2ccc(O)c(Cl)c2)c1. The molecule has 0 amide bonds. The van der Waals surface area contributed by atoms with Crippen LogP contribution in [0.25, 0.3) is 0 Å². The van der Waals surface area contributed by atoms with E-state index >= 15 is 0 Å². The standard InChI is InChI=1S/C14H14ClNO2/c1-18-12-4-2-3-10(7-12)9-16-11-5-6-14(17)13(15)8-11/h2-8,16-17H,9H2,1H3. The van der Waals surface area contributed by atoms with E-state index in [4.69, 9.17) is 16.3 Å². The zero-order valence-corrected chi connectivity index (χ0v) is 10.7. The Morgan fingerprint density at radius 2 is 2.06 bits per heavy atom. The highest BCUT2D eigenvalue weighted by molar-refractivity contribution is 6.32. The third-order valence-corrected chi connectivity index (χ3v) is 2.88. The summed E-state index contributed by atoms with van der Waals surface area (Å²) in [7, 11) is 1.65. The van der Waals surface area contributed by atoms with Gasteiger partial charge in [-0.05, 0) is 35.9 Å². The molecule has 2 aromatic rings. The molecule has 4 heteroatoms. The Morgan fingerprint density at radius 1 is 1.22 bits per heavy atom. The number of halogens is 1. The fourth-order valence-corrected chi connectivity index (χ4v) is 1.78. The molecule has 2 N–H and O–H groups in total. The Bertz CT molecular complexity index is 543. The van der Waals surface area contributed by atoms with Gasteiger partial charge in [0.1, 0.15) is 11.5 Å². The maximum atomic E-state index is 9.32. The van der Waals surface area contributed by atoms with Crippen molar-refractivity contribution in [3.8, 4) is 11.5 Å². The number of nitrogens with one attached hydrogen (secondary N) is 1. The molecule has 0 heterocycles. The maximum absolute atomic E-state index is 9.32. The van der Waals surface area contributed by atoms with Crippen LogP contribution in [0.2, 0.25) is 5.02 Å². The second kappa shape index (κ2) is 5.65. The van der Waals surface area contributed by atoms with E-state index < -0.39 is 0 Å². The first kappa shape index (κ1) is 12.6. The fourth-order valence-electron chi connectivity index (χ4n) is 1.60. The number of anilines is 1. The van der Waals surface area contributed by atoms with Crippen LogP contribution in [0.1, 0.15) is 5.56 Å². The Labute approximate surface area is 111 Å². The Balaban J connectivity index is 2.04. The van der Waals surface area contributed by atoms with Crippen LogP contribution in [0, 0.1) is 0 Å². The number of hydrogen-bond acceptors (Lipinski definition) is 3. The van der Waals surface area contributed by atoms with E-state index in [0.717, 1.165) is 17.0 Å². The molecule has 94 valence electrons. The number of ether oxygens (including phenoxy) is 1. The molecule has 0 bridgehead atoms. The maximum Gasteiger partial charge on any atom is 0.134 e. The third kappa shape index (κ3) is 3.08. The smallest absolute Gasteiger partial charge is 0.134 e. The normalized spacial score (nSPS) is 10.1. The molecule has 0 saturated carbocycles. The molecule has 3 nitrogen and oxygen atoms in total. The van der Waals surface area contributed by atoms with Gasteiger partial charge in [0.15, 0.2) is 0 Å². The van der Waals surface area contributed by atoms with E-state index in [1.807, 2.05) is 24.3 Å². The summed E-state index contributed by atoms with van der Waals surface area (Å²) in [5, 5.41) is 12.9. The minimum atomic E-state index is 0.0867. The van der Waals surface area contributed by atoms with Gasteiger partial charge in [0.2, 0.25) is 0 Å². The molecule has 0 saturated heterocycles. The number of aromatic hydroxyl groups is 1. The highest BCUT2D eigenvalue weighted by Gasteiger charge is 2.00. The molecule has 0 aliphatic rings. The first-order valence-corrected chi connectivity index (χ1v) is 5.92. The molecule has 0 aromatic heterocycles. The van der Waals surface area contributed by atoms with E-state index in [9.17, 15) is 5.11 Å². The van der Waals surface area contributed by atoms with Crippen molar-refractivity contribution in [2.24, 2.45) is 0 Å². The minimum Gasteiger partial charge on any atom is -0.506 e. The number of phenols is 1. The van der Waals surface area contributed by atoms with E-state index in [-0.39, 0.29) is 5.75 Å². The lowest BCUT2D eigenvalue weighted by atomic mass is 10.2. The van der Waals surface area contributed by atoms with Gasteiger partial charge in [0, 0.05) is 12.2 Å². The number of hydrogen-bond donors (Lipinski definition) is 2. The van der Waals surface area contributed by atoms with Crippen LogP contribution in [0.5, 0.6) is 11.5 Å². The largest absolute Gasteiger partial charge is 0.506 e. The number of benzene rings is 2. The summed E-state index contributed by atoms with van der Waals surface area (Å²) in [5.74, 6) is 0.918. The molecule has 0 atom stereocenters. The van der Waals surface area contributed by atoms with Gasteiger partial charge in [0.05, 0.1) is 12.1 Å². The van der Waals surface area contributed by atoms with Gasteiger partial charge in [0.25, 0.3) is 0 Å². The summed E-state index contributed by atoms with van der Waals surface area (Å²) in [6, 6.07) is 12.9. The van der Waals surface area contributed by atoms with E-state index in [1.54, 1.807) is 25.3 Å². The van der Waals surface area contributed by atoms with E-state index in [1.165, 1.54) is 0 Å². The summed E-state index contributed by atoms with van der Waals surface area (Å²) in [5.41, 5.74) is 1.97. The Kier molecular flexibility index (Phi) is 3.95. The summed E-state index contributed by atoms with van der Waals surface area (Å²) < 4.78 is 5.16. The Morgan fingerprint density at radius 3 is 2.78 bits per heavy atom. The van der Waals surface area contributed by atoms with Crippen LogP contribution in [-0.2, 0) is 6.54 Å². The average molecular weight is 264 g/mol. The molecular formula is C14H14ClNO2. The zero-order valence-electron chi connectivity index (χ0n) is 9.98. The fraction of sp³-hybridized carbons (Fsp3) is 0.143. The van der Waals surface area contributed by atoms with Gasteiger partial charge >= 0.3 is 0 Å². The first-order valence-electron chi connectivity index (χ1n) is 5.54. The molecule has 2 aromatic carbocycles. The van der Waals surface area contributed by atoms with Gasteiger partial charge in [-0.15, -0.1) is 0 Å². The average Bonchev–Trinajstić information content (AvgIpc) is 2.40. The molecule has 0 radical (unpaired) electrons. The predicted molar refractivity (Wildman–Crippen MR) is 73.4 cm³/mol. The van der Waals surface area contributed by atoms with Gasteiger partial charge in [-0.1, -0.05) is 23.7 Å². The summed E-state index contributed by atoms with van der Waals surface area (Å²) in [6.45, 7) is 0.665. The van der Waals surface area contributed by atoms with Crippen molar-refractivity contribution in [2.45, 2.75) is 6.54 Å². The van der Waals surface area contributed by atoms with Crippen molar-refractivity contribution >= 4 is 17.3 Å². The lowest BCUT2D eigenvalue weighted by Gasteiger charge is -2.08. The number of rotatable bonds is 4. The predicted octanol–water partition coefficient (Wildman–Crippen LogP) is 3.67. The van der Waals surface area contributed by atoms with Gasteiger partial charge < -0.3 is 15.2 Å². The molecule has 18 heavy (non-hydrogen) atoms. The van der Waals surface area contributed by atoms with Crippen molar-refractivity contribution in [1.29, 1.82) is 0 Å². The summed E-state index contributed by atoms with van der Waals surface area (Å²) >= 11 is 5.83. The molecule has 0 fully saturated rings. The number of phenolic OH excluding ortho intramolecular Hbond substituents is 1. The lowest BCUT2D eigenvalue weighted by Crippen LogP contribution is -1.99. The highest BCUT2D eigenvalue weighted by atomic mass is 35.5. The van der Waals surface area contributed by atoms with Crippen LogP contribution < -0.4 is 10.1 Å². The van der Waals surface area contributed by atoms with Gasteiger partial charge in [-0.3, -0.25) is 0 Å². The van der Waals surface area contributed by atoms with E-state index in [2.05, 4.69) is 5.32 Å². The van der Waals surface area contributed by atoms with Crippen LogP contribution in [0.15, 0.2) is 42.5 Å². The van der Waals surface area contributed by atoms with Crippen LogP contribution in [-0.4, -0.2) is 12.2 Å². The van der Waals surface area contributed by atoms with Crippen LogP contribution >= 0.6 is 11.6 Å².